The second-order valence-electron chi connectivity index (χ2n) is 6.89. The van der Waals surface area contributed by atoms with E-state index in [1.807, 2.05) is 13.8 Å². The molecule has 0 heterocycles. The Hall–Kier alpha value is -2.29. The molecule has 3 nitrogen and oxygen atoms in total. The third-order valence-electron chi connectivity index (χ3n) is 4.54. The van der Waals surface area contributed by atoms with Gasteiger partial charge in [-0.1, -0.05) is 35.4 Å². The lowest BCUT2D eigenvalue weighted by atomic mass is 9.94. The minimum Gasteiger partial charge on any atom is -0.480 e. The number of carboxylic acid groups (broad SMARTS) is 1. The molecular formula is C21H27NO2. The summed E-state index contributed by atoms with van der Waals surface area (Å²) in [6, 6.07) is 7.74. The van der Waals surface area contributed by atoms with E-state index in [4.69, 9.17) is 0 Å². The summed E-state index contributed by atoms with van der Waals surface area (Å²) in [4.78, 5) is 11.8. The maximum Gasteiger partial charge on any atom is 0.326 e. The maximum absolute atomic E-state index is 11.8. The Morgan fingerprint density at radius 3 is 1.71 bits per heavy atom. The summed E-state index contributed by atoms with van der Waals surface area (Å²) in [7, 11) is 0. The monoisotopic (exact) mass is 325 g/mol. The first-order valence-corrected chi connectivity index (χ1v) is 8.33. The summed E-state index contributed by atoms with van der Waals surface area (Å²) in [6.45, 7) is 12.3. The zero-order valence-corrected chi connectivity index (χ0v) is 15.4. The SMILES string of the molecule is Cc1cc(C)c(C[C@H](Nc2c(C)cc(C)cc2C)C(=O)O)c(C)c1. The molecule has 0 radical (unpaired) electrons. The second kappa shape index (κ2) is 7.08. The van der Waals surface area contributed by atoms with Gasteiger partial charge in [0.25, 0.3) is 0 Å². The highest BCUT2D eigenvalue weighted by Gasteiger charge is 2.21. The van der Waals surface area contributed by atoms with Crippen LogP contribution >= 0.6 is 0 Å². The van der Waals surface area contributed by atoms with E-state index in [-0.39, 0.29) is 0 Å². The Kier molecular flexibility index (Phi) is 5.33. The standard InChI is InChI=1S/C21H27NO2/c1-12-7-14(3)18(15(4)8-12)11-19(21(23)24)22-20-16(5)9-13(2)10-17(20)6/h7-10,19,22H,11H2,1-6H3,(H,23,24)/t19-/m0/s1. The van der Waals surface area contributed by atoms with Crippen LogP contribution in [0.1, 0.15) is 38.9 Å². The van der Waals surface area contributed by atoms with Crippen LogP contribution < -0.4 is 5.32 Å². The molecule has 1 atom stereocenters. The zero-order chi connectivity index (χ0) is 18.0. The fourth-order valence-electron chi connectivity index (χ4n) is 3.52. The Morgan fingerprint density at radius 2 is 1.29 bits per heavy atom. The van der Waals surface area contributed by atoms with Gasteiger partial charge in [-0.3, -0.25) is 0 Å². The largest absolute Gasteiger partial charge is 0.480 e. The quantitative estimate of drug-likeness (QED) is 0.841. The van der Waals surface area contributed by atoms with E-state index in [0.29, 0.717) is 6.42 Å². The van der Waals surface area contributed by atoms with Crippen molar-refractivity contribution < 1.29 is 9.90 Å². The molecule has 2 N–H and O–H groups in total. The first-order valence-electron chi connectivity index (χ1n) is 8.33. The topological polar surface area (TPSA) is 49.3 Å². The summed E-state index contributed by atoms with van der Waals surface area (Å²) in [5.74, 6) is -0.825. The van der Waals surface area contributed by atoms with Gasteiger partial charge in [0.05, 0.1) is 0 Å². The van der Waals surface area contributed by atoms with Gasteiger partial charge >= 0.3 is 5.97 Å². The smallest absolute Gasteiger partial charge is 0.326 e. The van der Waals surface area contributed by atoms with Crippen molar-refractivity contribution in [3.05, 3.63) is 63.2 Å². The van der Waals surface area contributed by atoms with Crippen LogP contribution in [0, 0.1) is 41.5 Å². The summed E-state index contributed by atoms with van der Waals surface area (Å²) >= 11 is 0. The molecule has 0 fully saturated rings. The number of benzene rings is 2. The number of aryl methyl sites for hydroxylation is 6. The van der Waals surface area contributed by atoms with Crippen LogP contribution in [-0.2, 0) is 11.2 Å². The number of carbonyl (C=O) groups is 1. The molecule has 3 heteroatoms. The van der Waals surface area contributed by atoms with Gasteiger partial charge in [-0.05, 0) is 69.4 Å². The third-order valence-corrected chi connectivity index (χ3v) is 4.54. The van der Waals surface area contributed by atoms with Crippen molar-refractivity contribution in [2.45, 2.75) is 54.0 Å². The normalized spacial score (nSPS) is 12.1. The molecule has 0 aliphatic rings. The van der Waals surface area contributed by atoms with Crippen molar-refractivity contribution in [3.8, 4) is 0 Å². The molecule has 2 rings (SSSR count). The van der Waals surface area contributed by atoms with Gasteiger partial charge in [-0.25, -0.2) is 4.79 Å². The van der Waals surface area contributed by atoms with Crippen molar-refractivity contribution in [1.29, 1.82) is 0 Å². The van der Waals surface area contributed by atoms with Crippen LogP contribution in [0.25, 0.3) is 0 Å². The molecule has 0 bridgehead atoms. The first kappa shape index (κ1) is 18.1. The number of rotatable bonds is 5. The molecule has 0 unspecified atom stereocenters. The fraction of sp³-hybridized carbons (Fsp3) is 0.381. The Labute approximate surface area is 144 Å². The van der Waals surface area contributed by atoms with E-state index in [1.165, 1.54) is 11.1 Å². The van der Waals surface area contributed by atoms with Crippen molar-refractivity contribution >= 4 is 11.7 Å². The third kappa shape index (κ3) is 3.97. The minimum atomic E-state index is -0.825. The first-order chi connectivity index (χ1) is 11.2. The molecule has 24 heavy (non-hydrogen) atoms. The van der Waals surface area contributed by atoms with Gasteiger partial charge < -0.3 is 10.4 Å². The number of hydrogen-bond acceptors (Lipinski definition) is 2. The summed E-state index contributed by atoms with van der Waals surface area (Å²) in [5, 5.41) is 13.0. The van der Waals surface area contributed by atoms with E-state index < -0.39 is 12.0 Å². The van der Waals surface area contributed by atoms with Crippen LogP contribution in [0.5, 0.6) is 0 Å². The van der Waals surface area contributed by atoms with E-state index >= 15 is 0 Å². The molecule has 0 saturated carbocycles. The summed E-state index contributed by atoms with van der Waals surface area (Å²) < 4.78 is 0. The molecule has 2 aromatic rings. The van der Waals surface area contributed by atoms with Crippen molar-refractivity contribution in [2.24, 2.45) is 0 Å². The highest BCUT2D eigenvalue weighted by Crippen LogP contribution is 2.25. The van der Waals surface area contributed by atoms with Gasteiger partial charge in [0.1, 0.15) is 6.04 Å². The predicted molar refractivity (Wildman–Crippen MR) is 100 cm³/mol. The second-order valence-corrected chi connectivity index (χ2v) is 6.89. The lowest BCUT2D eigenvalue weighted by Crippen LogP contribution is -2.32. The van der Waals surface area contributed by atoms with Crippen LogP contribution in [0.3, 0.4) is 0 Å². The van der Waals surface area contributed by atoms with Crippen molar-refractivity contribution in [2.75, 3.05) is 5.32 Å². The van der Waals surface area contributed by atoms with Gasteiger partial charge in [-0.2, -0.15) is 0 Å². The van der Waals surface area contributed by atoms with E-state index in [2.05, 4.69) is 57.3 Å². The molecule has 0 aliphatic heterocycles. The number of hydrogen-bond donors (Lipinski definition) is 2. The molecule has 0 aromatic heterocycles. The average Bonchev–Trinajstić information content (AvgIpc) is 2.43. The molecule has 0 amide bonds. The number of anilines is 1. The molecular weight excluding hydrogens is 298 g/mol. The summed E-state index contributed by atoms with van der Waals surface area (Å²) in [6.07, 6.45) is 0.472. The van der Waals surface area contributed by atoms with Crippen molar-refractivity contribution in [1.82, 2.24) is 0 Å². The zero-order valence-electron chi connectivity index (χ0n) is 15.4. The van der Waals surface area contributed by atoms with Gasteiger partial charge in [0.2, 0.25) is 0 Å². The Morgan fingerprint density at radius 1 is 0.875 bits per heavy atom. The minimum absolute atomic E-state index is 0.472. The lowest BCUT2D eigenvalue weighted by Gasteiger charge is -2.22. The molecule has 0 aliphatic carbocycles. The maximum atomic E-state index is 11.8. The molecule has 0 saturated heterocycles. The average molecular weight is 325 g/mol. The predicted octanol–water partition coefficient (Wildman–Crippen LogP) is 4.64. The number of aliphatic carboxylic acids is 1. The van der Waals surface area contributed by atoms with Crippen LogP contribution in [0.15, 0.2) is 24.3 Å². The highest BCUT2D eigenvalue weighted by molar-refractivity contribution is 5.79. The van der Waals surface area contributed by atoms with E-state index in [0.717, 1.165) is 33.5 Å². The Bertz CT molecular complexity index is 672. The van der Waals surface area contributed by atoms with Gasteiger partial charge in [-0.15, -0.1) is 0 Å². The van der Waals surface area contributed by atoms with E-state index in [9.17, 15) is 9.90 Å². The van der Waals surface area contributed by atoms with Crippen LogP contribution in [0.2, 0.25) is 0 Å². The lowest BCUT2D eigenvalue weighted by molar-refractivity contribution is -0.137. The van der Waals surface area contributed by atoms with Gasteiger partial charge in [0, 0.05) is 12.1 Å². The molecule has 128 valence electrons. The number of carboxylic acids is 1. The fourth-order valence-corrected chi connectivity index (χ4v) is 3.52. The number of nitrogens with one attached hydrogen (secondary N) is 1. The van der Waals surface area contributed by atoms with Crippen LogP contribution in [0.4, 0.5) is 5.69 Å². The van der Waals surface area contributed by atoms with Gasteiger partial charge in [0.15, 0.2) is 0 Å². The Balaban J connectivity index is 2.34. The molecule has 2 aromatic carbocycles. The van der Waals surface area contributed by atoms with Crippen LogP contribution in [-0.4, -0.2) is 17.1 Å². The summed E-state index contributed by atoms with van der Waals surface area (Å²) in [5.41, 5.74) is 8.90. The van der Waals surface area contributed by atoms with Crippen molar-refractivity contribution in [3.63, 3.8) is 0 Å². The van der Waals surface area contributed by atoms with E-state index in [1.54, 1.807) is 0 Å². The highest BCUT2D eigenvalue weighted by atomic mass is 16.4. The molecule has 0 spiro atoms.